The minimum atomic E-state index is -3.05. The summed E-state index contributed by atoms with van der Waals surface area (Å²) in [5.41, 5.74) is 0.807. The lowest BCUT2D eigenvalue weighted by Gasteiger charge is -2.31. The molecule has 0 spiro atoms. The Morgan fingerprint density at radius 1 is 1.23 bits per heavy atom. The van der Waals surface area contributed by atoms with E-state index in [4.69, 9.17) is 9.47 Å². The molecule has 1 aliphatic heterocycles. The van der Waals surface area contributed by atoms with E-state index in [1.54, 1.807) is 12.1 Å². The van der Waals surface area contributed by atoms with Gasteiger partial charge in [-0.05, 0) is 37.1 Å². The van der Waals surface area contributed by atoms with Crippen LogP contribution in [0.5, 0.6) is 11.5 Å². The second kappa shape index (κ2) is 8.01. The van der Waals surface area contributed by atoms with Crippen LogP contribution < -0.4 is 4.74 Å². The lowest BCUT2D eigenvalue weighted by atomic mass is 9.97. The molecule has 8 heteroatoms. The quantitative estimate of drug-likeness (QED) is 0.821. The van der Waals surface area contributed by atoms with E-state index in [-0.39, 0.29) is 23.5 Å². The number of aromatic hydroxyl groups is 1. The first-order valence-electron chi connectivity index (χ1n) is 8.44. The second-order valence-corrected chi connectivity index (χ2v) is 8.69. The van der Waals surface area contributed by atoms with Gasteiger partial charge in [0.2, 0.25) is 0 Å². The van der Waals surface area contributed by atoms with E-state index in [9.17, 15) is 13.5 Å². The zero-order valence-electron chi connectivity index (χ0n) is 14.5. The number of sulfone groups is 1. The summed E-state index contributed by atoms with van der Waals surface area (Å²) >= 11 is 0. The van der Waals surface area contributed by atoms with Crippen LogP contribution in [0.15, 0.2) is 36.7 Å². The maximum atomic E-state index is 11.6. The maximum absolute atomic E-state index is 11.6. The van der Waals surface area contributed by atoms with Gasteiger partial charge in [0.05, 0.1) is 24.3 Å². The Labute approximate surface area is 152 Å². The average molecular weight is 378 g/mol. The first-order chi connectivity index (χ1) is 12.4. The Kier molecular flexibility index (Phi) is 5.73. The Bertz CT molecular complexity index is 822. The molecular formula is C18H22N2O5S. The monoisotopic (exact) mass is 378 g/mol. The van der Waals surface area contributed by atoms with Crippen LogP contribution in [-0.4, -0.2) is 54.8 Å². The average Bonchev–Trinajstić information content (AvgIpc) is 2.61. The van der Waals surface area contributed by atoms with Crippen molar-refractivity contribution >= 4 is 9.84 Å². The Morgan fingerprint density at radius 3 is 2.58 bits per heavy atom. The van der Waals surface area contributed by atoms with E-state index in [0.29, 0.717) is 24.8 Å². The predicted octanol–water partition coefficient (Wildman–Crippen LogP) is 2.07. The largest absolute Gasteiger partial charge is 0.505 e. The fraction of sp³-hybridized carbons (Fsp3) is 0.444. The highest BCUT2D eigenvalue weighted by Crippen LogP contribution is 2.25. The van der Waals surface area contributed by atoms with Crippen LogP contribution in [0.1, 0.15) is 12.8 Å². The van der Waals surface area contributed by atoms with Gasteiger partial charge in [0.25, 0.3) is 0 Å². The highest BCUT2D eigenvalue weighted by atomic mass is 32.2. The summed E-state index contributed by atoms with van der Waals surface area (Å²) in [5, 5.41) is 9.24. The molecule has 1 saturated heterocycles. The zero-order valence-corrected chi connectivity index (χ0v) is 15.4. The second-order valence-electron chi connectivity index (χ2n) is 6.50. The molecule has 0 saturated carbocycles. The molecule has 0 aliphatic carbocycles. The molecule has 0 radical (unpaired) electrons. The lowest BCUT2D eigenvalue weighted by molar-refractivity contribution is -0.0427. The number of benzene rings is 1. The number of nitrogens with zero attached hydrogens (tertiary/aromatic N) is 2. The van der Waals surface area contributed by atoms with Crippen molar-refractivity contribution in [2.24, 2.45) is 5.92 Å². The summed E-state index contributed by atoms with van der Waals surface area (Å²) in [4.78, 5) is 8.13. The SMILES string of the molecule is CS(=O)(=O)CC1CCCOC1COc1ccc(-c2ncc(O)cn2)cc1. The van der Waals surface area contributed by atoms with Crippen LogP contribution in [0.25, 0.3) is 11.4 Å². The molecule has 1 aromatic heterocycles. The van der Waals surface area contributed by atoms with Crippen LogP contribution in [-0.2, 0) is 14.6 Å². The summed E-state index contributed by atoms with van der Waals surface area (Å²) in [6, 6.07) is 7.27. The fourth-order valence-electron chi connectivity index (χ4n) is 3.01. The molecule has 140 valence electrons. The molecule has 7 nitrogen and oxygen atoms in total. The molecular weight excluding hydrogens is 356 g/mol. The number of aromatic nitrogens is 2. The van der Waals surface area contributed by atoms with Crippen LogP contribution in [0.3, 0.4) is 0 Å². The van der Waals surface area contributed by atoms with Crippen molar-refractivity contribution in [1.29, 1.82) is 0 Å². The third-order valence-corrected chi connectivity index (χ3v) is 5.29. The normalized spacial score (nSPS) is 20.7. The molecule has 0 bridgehead atoms. The van der Waals surface area contributed by atoms with Crippen molar-refractivity contribution < 1.29 is 23.0 Å². The van der Waals surface area contributed by atoms with Crippen molar-refractivity contribution in [3.05, 3.63) is 36.7 Å². The summed E-state index contributed by atoms with van der Waals surface area (Å²) in [7, 11) is -3.05. The van der Waals surface area contributed by atoms with Crippen LogP contribution in [0, 0.1) is 5.92 Å². The minimum absolute atomic E-state index is 0.0184. The third-order valence-electron chi connectivity index (χ3n) is 4.26. The standard InChI is InChI=1S/C18H22N2O5S/c1-26(22,23)12-14-3-2-8-24-17(14)11-25-16-6-4-13(5-7-16)18-19-9-15(21)10-20-18/h4-7,9-10,14,17,21H,2-3,8,11-12H2,1H3. The maximum Gasteiger partial charge on any atom is 0.159 e. The Hall–Kier alpha value is -2.19. The van der Waals surface area contributed by atoms with Gasteiger partial charge < -0.3 is 14.6 Å². The van der Waals surface area contributed by atoms with Gasteiger partial charge in [0.15, 0.2) is 11.6 Å². The van der Waals surface area contributed by atoms with Crippen LogP contribution in [0.4, 0.5) is 0 Å². The smallest absolute Gasteiger partial charge is 0.159 e. The molecule has 2 heterocycles. The molecule has 1 fully saturated rings. The first-order valence-corrected chi connectivity index (χ1v) is 10.5. The van der Waals surface area contributed by atoms with E-state index in [1.165, 1.54) is 18.6 Å². The molecule has 1 aromatic carbocycles. The van der Waals surface area contributed by atoms with Crippen LogP contribution in [0.2, 0.25) is 0 Å². The summed E-state index contributed by atoms with van der Waals surface area (Å²) in [6.45, 7) is 0.945. The van der Waals surface area contributed by atoms with E-state index in [0.717, 1.165) is 18.4 Å². The molecule has 26 heavy (non-hydrogen) atoms. The van der Waals surface area contributed by atoms with Gasteiger partial charge in [-0.25, -0.2) is 18.4 Å². The van der Waals surface area contributed by atoms with E-state index in [2.05, 4.69) is 9.97 Å². The summed E-state index contributed by atoms with van der Waals surface area (Å²) in [5.74, 6) is 1.28. The minimum Gasteiger partial charge on any atom is -0.505 e. The molecule has 2 atom stereocenters. The number of rotatable bonds is 6. The highest BCUT2D eigenvalue weighted by Gasteiger charge is 2.29. The van der Waals surface area contributed by atoms with Crippen molar-refractivity contribution in [3.8, 4) is 22.9 Å². The van der Waals surface area contributed by atoms with Gasteiger partial charge in [0, 0.05) is 24.3 Å². The number of hydrogen-bond acceptors (Lipinski definition) is 7. The molecule has 1 N–H and O–H groups in total. The van der Waals surface area contributed by atoms with Gasteiger partial charge in [-0.3, -0.25) is 0 Å². The molecule has 2 unspecified atom stereocenters. The summed E-state index contributed by atoms with van der Waals surface area (Å²) in [6.07, 6.45) is 5.42. The fourth-order valence-corrected chi connectivity index (χ4v) is 4.17. The van der Waals surface area contributed by atoms with Crippen molar-refractivity contribution in [2.45, 2.75) is 18.9 Å². The highest BCUT2D eigenvalue weighted by molar-refractivity contribution is 7.90. The van der Waals surface area contributed by atoms with Crippen molar-refractivity contribution in [3.63, 3.8) is 0 Å². The van der Waals surface area contributed by atoms with E-state index < -0.39 is 9.84 Å². The first kappa shape index (κ1) is 18.6. The Morgan fingerprint density at radius 2 is 1.92 bits per heavy atom. The zero-order chi connectivity index (χ0) is 18.6. The van der Waals surface area contributed by atoms with Crippen LogP contribution >= 0.6 is 0 Å². The van der Waals surface area contributed by atoms with Gasteiger partial charge in [-0.15, -0.1) is 0 Å². The third kappa shape index (κ3) is 5.15. The number of hydrogen-bond donors (Lipinski definition) is 1. The Balaban J connectivity index is 1.61. The van der Waals surface area contributed by atoms with E-state index >= 15 is 0 Å². The topological polar surface area (TPSA) is 98.6 Å². The predicted molar refractivity (Wildman–Crippen MR) is 96.8 cm³/mol. The molecule has 1 aliphatic rings. The molecule has 2 aromatic rings. The number of ether oxygens (including phenoxy) is 2. The van der Waals surface area contributed by atoms with Gasteiger partial charge in [0.1, 0.15) is 22.2 Å². The van der Waals surface area contributed by atoms with Gasteiger partial charge >= 0.3 is 0 Å². The lowest BCUT2D eigenvalue weighted by Crippen LogP contribution is -2.38. The van der Waals surface area contributed by atoms with Crippen molar-refractivity contribution in [1.82, 2.24) is 9.97 Å². The van der Waals surface area contributed by atoms with Gasteiger partial charge in [-0.2, -0.15) is 0 Å². The molecule has 3 rings (SSSR count). The molecule has 0 amide bonds. The van der Waals surface area contributed by atoms with Crippen molar-refractivity contribution in [2.75, 3.05) is 25.2 Å². The van der Waals surface area contributed by atoms with E-state index in [1.807, 2.05) is 12.1 Å². The van der Waals surface area contributed by atoms with Gasteiger partial charge in [-0.1, -0.05) is 0 Å². The summed E-state index contributed by atoms with van der Waals surface area (Å²) < 4.78 is 34.7.